The Morgan fingerprint density at radius 3 is 2.37 bits per heavy atom. The van der Waals surface area contributed by atoms with Gasteiger partial charge in [-0.2, -0.15) is 0 Å². The van der Waals surface area contributed by atoms with Crippen LogP contribution in [0.1, 0.15) is 18.1 Å². The molecule has 0 amide bonds. The van der Waals surface area contributed by atoms with Gasteiger partial charge in [0.2, 0.25) is 0 Å². The molecule has 0 aliphatic heterocycles. The van der Waals surface area contributed by atoms with Crippen LogP contribution in [0.15, 0.2) is 48.7 Å². The van der Waals surface area contributed by atoms with Crippen molar-refractivity contribution in [1.29, 1.82) is 0 Å². The number of rotatable bonds is 5. The molecule has 0 aliphatic carbocycles. The lowest BCUT2D eigenvalue weighted by atomic mass is 10.00. The van der Waals surface area contributed by atoms with Crippen LogP contribution in [-0.4, -0.2) is 27.8 Å². The predicted octanol–water partition coefficient (Wildman–Crippen LogP) is 1.49. The minimum Gasteiger partial charge on any atom is -0.390 e. The first-order chi connectivity index (χ1) is 9.22. The third-order valence-electron chi connectivity index (χ3n) is 3.04. The molecule has 0 aliphatic rings. The van der Waals surface area contributed by atoms with Crippen molar-refractivity contribution < 1.29 is 10.2 Å². The van der Waals surface area contributed by atoms with Gasteiger partial charge in [-0.15, -0.1) is 0 Å². The maximum atomic E-state index is 9.96. The number of aliphatic hydroxyl groups is 2. The third kappa shape index (κ3) is 3.38. The lowest BCUT2D eigenvalue weighted by Crippen LogP contribution is -2.21. The lowest BCUT2D eigenvalue weighted by molar-refractivity contribution is 0.0150. The van der Waals surface area contributed by atoms with Gasteiger partial charge in [-0.25, -0.2) is 0 Å². The van der Waals surface area contributed by atoms with E-state index in [9.17, 15) is 10.2 Å². The molecular weight excluding hydrogens is 240 g/mol. The molecule has 2 aromatic rings. The molecule has 4 heteroatoms. The zero-order chi connectivity index (χ0) is 13.7. The van der Waals surface area contributed by atoms with Gasteiger partial charge in [0, 0.05) is 11.8 Å². The quantitative estimate of drug-likeness (QED) is 0.759. The van der Waals surface area contributed by atoms with E-state index in [2.05, 4.69) is 4.98 Å². The summed E-state index contributed by atoms with van der Waals surface area (Å²) in [6.45, 7) is 0.351. The van der Waals surface area contributed by atoms with Gasteiger partial charge in [-0.05, 0) is 30.7 Å². The van der Waals surface area contributed by atoms with Crippen LogP contribution in [0.3, 0.4) is 0 Å². The topological polar surface area (TPSA) is 79.4 Å². The number of aromatic nitrogens is 1. The van der Waals surface area contributed by atoms with E-state index in [-0.39, 0.29) is 0 Å². The maximum Gasteiger partial charge on any atom is 0.105 e. The summed E-state index contributed by atoms with van der Waals surface area (Å²) in [6.07, 6.45) is 0.388. The summed E-state index contributed by atoms with van der Waals surface area (Å²) in [7, 11) is 0. The second-order valence-corrected chi connectivity index (χ2v) is 4.43. The van der Waals surface area contributed by atoms with Crippen LogP contribution in [0.4, 0.5) is 0 Å². The zero-order valence-corrected chi connectivity index (χ0v) is 10.6. The molecular formula is C15H18N2O2. The van der Waals surface area contributed by atoms with Crippen molar-refractivity contribution in [1.82, 2.24) is 4.98 Å². The number of hydrogen-bond donors (Lipinski definition) is 3. The summed E-state index contributed by atoms with van der Waals surface area (Å²) >= 11 is 0. The summed E-state index contributed by atoms with van der Waals surface area (Å²) in [5.74, 6) is 0. The van der Waals surface area contributed by atoms with Crippen LogP contribution in [0, 0.1) is 0 Å². The first-order valence-corrected chi connectivity index (χ1v) is 6.30. The van der Waals surface area contributed by atoms with Crippen LogP contribution in [0.5, 0.6) is 0 Å². The van der Waals surface area contributed by atoms with Crippen LogP contribution in [-0.2, 0) is 0 Å². The number of hydrogen-bond acceptors (Lipinski definition) is 4. The van der Waals surface area contributed by atoms with Crippen molar-refractivity contribution >= 4 is 0 Å². The van der Waals surface area contributed by atoms with Gasteiger partial charge in [0.05, 0.1) is 11.8 Å². The summed E-state index contributed by atoms with van der Waals surface area (Å²) < 4.78 is 0. The first kappa shape index (κ1) is 13.7. The molecule has 2 atom stereocenters. The summed E-state index contributed by atoms with van der Waals surface area (Å²) in [5, 5.41) is 19.7. The molecule has 0 saturated carbocycles. The Morgan fingerprint density at radius 1 is 1.05 bits per heavy atom. The molecule has 0 radical (unpaired) electrons. The fourth-order valence-corrected chi connectivity index (χ4v) is 1.94. The van der Waals surface area contributed by atoms with Gasteiger partial charge in [-0.3, -0.25) is 4.98 Å². The average molecular weight is 258 g/mol. The predicted molar refractivity (Wildman–Crippen MR) is 74.3 cm³/mol. The normalized spacial score (nSPS) is 14.1. The molecule has 1 aromatic heterocycles. The fourth-order valence-electron chi connectivity index (χ4n) is 1.94. The van der Waals surface area contributed by atoms with E-state index >= 15 is 0 Å². The monoisotopic (exact) mass is 258 g/mol. The van der Waals surface area contributed by atoms with Crippen LogP contribution in [0.2, 0.25) is 0 Å². The summed E-state index contributed by atoms with van der Waals surface area (Å²) in [6, 6.07) is 13.1. The smallest absolute Gasteiger partial charge is 0.105 e. The third-order valence-corrected chi connectivity index (χ3v) is 3.04. The molecule has 1 aromatic carbocycles. The van der Waals surface area contributed by atoms with Crippen molar-refractivity contribution in [2.24, 2.45) is 5.73 Å². The molecule has 19 heavy (non-hydrogen) atoms. The molecule has 1 heterocycles. The van der Waals surface area contributed by atoms with E-state index in [1.54, 1.807) is 18.3 Å². The van der Waals surface area contributed by atoms with E-state index in [1.165, 1.54) is 0 Å². The summed E-state index contributed by atoms with van der Waals surface area (Å²) in [5.41, 5.74) is 7.90. The second-order valence-electron chi connectivity index (χ2n) is 4.43. The number of pyridine rings is 1. The standard InChI is InChI=1S/C15H18N2O2/c16-9-8-14(18)15(19)12-6-4-11(5-7-12)13-3-1-2-10-17-13/h1-7,10,14-15,18-19H,8-9,16H2. The van der Waals surface area contributed by atoms with E-state index in [1.807, 2.05) is 30.3 Å². The minimum atomic E-state index is -0.902. The summed E-state index contributed by atoms with van der Waals surface area (Å²) in [4.78, 5) is 4.26. The maximum absolute atomic E-state index is 9.96. The highest BCUT2D eigenvalue weighted by Gasteiger charge is 2.17. The van der Waals surface area contributed by atoms with E-state index in [0.29, 0.717) is 18.5 Å². The van der Waals surface area contributed by atoms with Crippen molar-refractivity contribution in [2.45, 2.75) is 18.6 Å². The molecule has 0 saturated heterocycles. The second kappa shape index (κ2) is 6.43. The highest BCUT2D eigenvalue weighted by molar-refractivity contribution is 5.59. The molecule has 0 spiro atoms. The zero-order valence-electron chi connectivity index (χ0n) is 10.6. The van der Waals surface area contributed by atoms with Gasteiger partial charge in [0.25, 0.3) is 0 Å². The molecule has 0 bridgehead atoms. The molecule has 100 valence electrons. The highest BCUT2D eigenvalue weighted by Crippen LogP contribution is 2.22. The van der Waals surface area contributed by atoms with Crippen LogP contribution >= 0.6 is 0 Å². The Labute approximate surface area is 112 Å². The number of nitrogens with two attached hydrogens (primary N) is 1. The molecule has 2 rings (SSSR count). The molecule has 2 unspecified atom stereocenters. The Balaban J connectivity index is 2.15. The number of nitrogens with zero attached hydrogens (tertiary/aromatic N) is 1. The van der Waals surface area contributed by atoms with Gasteiger partial charge in [0.1, 0.15) is 6.10 Å². The van der Waals surface area contributed by atoms with Crippen molar-refractivity contribution in [3.05, 3.63) is 54.2 Å². The molecule has 4 N–H and O–H groups in total. The Hall–Kier alpha value is -1.75. The van der Waals surface area contributed by atoms with Crippen molar-refractivity contribution in [2.75, 3.05) is 6.54 Å². The van der Waals surface area contributed by atoms with Crippen LogP contribution in [0.25, 0.3) is 11.3 Å². The first-order valence-electron chi connectivity index (χ1n) is 6.30. The van der Waals surface area contributed by atoms with E-state index in [4.69, 9.17) is 5.73 Å². The fraction of sp³-hybridized carbons (Fsp3) is 0.267. The lowest BCUT2D eigenvalue weighted by Gasteiger charge is -2.17. The minimum absolute atomic E-state index is 0.351. The highest BCUT2D eigenvalue weighted by atomic mass is 16.3. The number of benzene rings is 1. The van der Waals surface area contributed by atoms with Gasteiger partial charge >= 0.3 is 0 Å². The molecule has 4 nitrogen and oxygen atoms in total. The average Bonchev–Trinajstić information content (AvgIpc) is 2.48. The van der Waals surface area contributed by atoms with Gasteiger partial charge in [-0.1, -0.05) is 30.3 Å². The van der Waals surface area contributed by atoms with E-state index in [0.717, 1.165) is 11.3 Å². The largest absolute Gasteiger partial charge is 0.390 e. The van der Waals surface area contributed by atoms with Gasteiger partial charge in [0.15, 0.2) is 0 Å². The Morgan fingerprint density at radius 2 is 1.79 bits per heavy atom. The Kier molecular flexibility index (Phi) is 4.63. The Bertz CT molecular complexity index is 499. The van der Waals surface area contributed by atoms with E-state index < -0.39 is 12.2 Å². The van der Waals surface area contributed by atoms with Crippen LogP contribution < -0.4 is 5.73 Å². The number of aliphatic hydroxyl groups excluding tert-OH is 2. The molecule has 0 fully saturated rings. The van der Waals surface area contributed by atoms with Gasteiger partial charge < -0.3 is 15.9 Å². The van der Waals surface area contributed by atoms with Crippen molar-refractivity contribution in [3.63, 3.8) is 0 Å². The van der Waals surface area contributed by atoms with Crippen molar-refractivity contribution in [3.8, 4) is 11.3 Å². The SMILES string of the molecule is NCCC(O)C(O)c1ccc(-c2ccccn2)cc1.